The molecule has 4 heteroatoms. The Morgan fingerprint density at radius 1 is 1.57 bits per heavy atom. The van der Waals surface area contributed by atoms with Crippen LogP contribution in [0, 0.1) is 0 Å². The summed E-state index contributed by atoms with van der Waals surface area (Å²) < 4.78 is 0.660. The van der Waals surface area contributed by atoms with Crippen molar-refractivity contribution in [2.45, 2.75) is 31.2 Å². The lowest BCUT2D eigenvalue weighted by Gasteiger charge is -2.37. The first kappa shape index (κ1) is 10.1. The van der Waals surface area contributed by atoms with Crippen LogP contribution in [0.15, 0.2) is 12.1 Å². The standard InChI is InChI=1S/C10H12ClNOS/c11-9-3-2-8(14-9)7(13)6-10(12)4-1-5-10/h2-3H,1,4-6,12H2. The molecule has 1 aliphatic rings. The molecule has 2 rings (SSSR count). The number of nitrogens with two attached hydrogens (primary N) is 1. The molecule has 76 valence electrons. The van der Waals surface area contributed by atoms with Crippen LogP contribution in [-0.4, -0.2) is 11.3 Å². The van der Waals surface area contributed by atoms with Gasteiger partial charge in [0.05, 0.1) is 9.21 Å². The highest BCUT2D eigenvalue weighted by Gasteiger charge is 2.35. The lowest BCUT2D eigenvalue weighted by atomic mass is 9.74. The van der Waals surface area contributed by atoms with Crippen LogP contribution in [0.5, 0.6) is 0 Å². The summed E-state index contributed by atoms with van der Waals surface area (Å²) in [5, 5.41) is 0. The predicted molar refractivity (Wildman–Crippen MR) is 59.0 cm³/mol. The average molecular weight is 230 g/mol. The molecule has 1 fully saturated rings. The van der Waals surface area contributed by atoms with Gasteiger partial charge in [0.2, 0.25) is 0 Å². The predicted octanol–water partition coefficient (Wildman–Crippen LogP) is 2.86. The first-order valence-corrected chi connectivity index (χ1v) is 5.86. The SMILES string of the molecule is NC1(CC(=O)c2ccc(Cl)s2)CCC1. The molecule has 1 heterocycles. The first-order valence-electron chi connectivity index (χ1n) is 4.66. The van der Waals surface area contributed by atoms with Crippen LogP contribution in [0.25, 0.3) is 0 Å². The molecule has 0 saturated heterocycles. The molecule has 0 atom stereocenters. The normalized spacial score (nSPS) is 19.0. The maximum absolute atomic E-state index is 11.7. The van der Waals surface area contributed by atoms with E-state index in [2.05, 4.69) is 0 Å². The number of hydrogen-bond acceptors (Lipinski definition) is 3. The van der Waals surface area contributed by atoms with Gasteiger partial charge in [0.1, 0.15) is 0 Å². The minimum absolute atomic E-state index is 0.129. The number of carbonyl (C=O) groups excluding carboxylic acids is 1. The Morgan fingerprint density at radius 3 is 2.71 bits per heavy atom. The fourth-order valence-electron chi connectivity index (χ4n) is 1.68. The maximum Gasteiger partial charge on any atom is 0.174 e. The van der Waals surface area contributed by atoms with Crippen LogP contribution in [-0.2, 0) is 0 Å². The molecule has 0 spiro atoms. The van der Waals surface area contributed by atoms with Gasteiger partial charge in [0, 0.05) is 12.0 Å². The van der Waals surface area contributed by atoms with E-state index in [1.54, 1.807) is 12.1 Å². The van der Waals surface area contributed by atoms with Crippen LogP contribution in [0.2, 0.25) is 4.34 Å². The van der Waals surface area contributed by atoms with Crippen molar-refractivity contribution in [2.75, 3.05) is 0 Å². The van der Waals surface area contributed by atoms with Gasteiger partial charge in [-0.05, 0) is 31.4 Å². The zero-order chi connectivity index (χ0) is 10.2. The molecule has 0 unspecified atom stereocenters. The molecule has 0 aliphatic heterocycles. The molecule has 1 saturated carbocycles. The van der Waals surface area contributed by atoms with Crippen molar-refractivity contribution in [3.8, 4) is 0 Å². The number of Topliss-reactive ketones (excluding diaryl/α,β-unsaturated/α-hetero) is 1. The van der Waals surface area contributed by atoms with E-state index in [1.807, 2.05) is 0 Å². The molecular weight excluding hydrogens is 218 g/mol. The average Bonchev–Trinajstić information content (AvgIpc) is 2.49. The largest absolute Gasteiger partial charge is 0.325 e. The summed E-state index contributed by atoms with van der Waals surface area (Å²) in [7, 11) is 0. The van der Waals surface area contributed by atoms with Crippen molar-refractivity contribution in [2.24, 2.45) is 5.73 Å². The van der Waals surface area contributed by atoms with E-state index in [-0.39, 0.29) is 11.3 Å². The summed E-state index contributed by atoms with van der Waals surface area (Å²) in [5.74, 6) is 0.129. The quantitative estimate of drug-likeness (QED) is 0.810. The fourth-order valence-corrected chi connectivity index (χ4v) is 2.66. The van der Waals surface area contributed by atoms with Crippen LogP contribution in [0.3, 0.4) is 0 Å². The number of rotatable bonds is 3. The van der Waals surface area contributed by atoms with Crippen molar-refractivity contribution in [3.63, 3.8) is 0 Å². The van der Waals surface area contributed by atoms with E-state index in [0.717, 1.165) is 24.1 Å². The number of carbonyl (C=O) groups is 1. The molecule has 0 bridgehead atoms. The Bertz CT molecular complexity index is 357. The van der Waals surface area contributed by atoms with E-state index in [4.69, 9.17) is 17.3 Å². The Balaban J connectivity index is 2.02. The third-order valence-corrected chi connectivity index (χ3v) is 3.98. The Hall–Kier alpha value is -0.380. The second-order valence-corrected chi connectivity index (χ2v) is 5.63. The van der Waals surface area contributed by atoms with Gasteiger partial charge in [0.15, 0.2) is 5.78 Å². The number of thiophene rings is 1. The summed E-state index contributed by atoms with van der Waals surface area (Å²) in [6.07, 6.45) is 3.55. The zero-order valence-electron chi connectivity index (χ0n) is 7.75. The van der Waals surface area contributed by atoms with E-state index in [9.17, 15) is 4.79 Å². The van der Waals surface area contributed by atoms with Crippen LogP contribution >= 0.6 is 22.9 Å². The van der Waals surface area contributed by atoms with Crippen molar-refractivity contribution in [1.82, 2.24) is 0 Å². The molecule has 0 amide bonds. The zero-order valence-corrected chi connectivity index (χ0v) is 9.33. The Labute approximate surface area is 92.1 Å². The van der Waals surface area contributed by atoms with Gasteiger partial charge in [-0.3, -0.25) is 4.79 Å². The highest BCUT2D eigenvalue weighted by atomic mass is 35.5. The second kappa shape index (κ2) is 3.65. The Morgan fingerprint density at radius 2 is 2.29 bits per heavy atom. The molecule has 1 aliphatic carbocycles. The van der Waals surface area contributed by atoms with E-state index < -0.39 is 0 Å². The van der Waals surface area contributed by atoms with Gasteiger partial charge in [-0.25, -0.2) is 0 Å². The maximum atomic E-state index is 11.7. The minimum Gasteiger partial charge on any atom is -0.325 e. The third-order valence-electron chi connectivity index (χ3n) is 2.71. The van der Waals surface area contributed by atoms with Crippen molar-refractivity contribution in [3.05, 3.63) is 21.3 Å². The topological polar surface area (TPSA) is 43.1 Å². The van der Waals surface area contributed by atoms with E-state index in [0.29, 0.717) is 10.8 Å². The number of hydrogen-bond donors (Lipinski definition) is 1. The second-order valence-electron chi connectivity index (χ2n) is 3.92. The van der Waals surface area contributed by atoms with Crippen LogP contribution in [0.1, 0.15) is 35.4 Å². The van der Waals surface area contributed by atoms with Crippen molar-refractivity contribution < 1.29 is 4.79 Å². The fraction of sp³-hybridized carbons (Fsp3) is 0.500. The van der Waals surface area contributed by atoms with Crippen LogP contribution in [0.4, 0.5) is 0 Å². The molecule has 1 aromatic rings. The monoisotopic (exact) mass is 229 g/mol. The summed E-state index contributed by atoms with van der Waals surface area (Å²) in [5.41, 5.74) is 5.77. The summed E-state index contributed by atoms with van der Waals surface area (Å²) in [6, 6.07) is 3.53. The lowest BCUT2D eigenvalue weighted by molar-refractivity contribution is 0.0916. The van der Waals surface area contributed by atoms with Crippen molar-refractivity contribution >= 4 is 28.7 Å². The molecule has 0 aromatic carbocycles. The molecule has 2 nitrogen and oxygen atoms in total. The molecule has 14 heavy (non-hydrogen) atoms. The van der Waals surface area contributed by atoms with E-state index in [1.165, 1.54) is 11.3 Å². The van der Waals surface area contributed by atoms with Gasteiger partial charge < -0.3 is 5.73 Å². The van der Waals surface area contributed by atoms with Gasteiger partial charge >= 0.3 is 0 Å². The summed E-state index contributed by atoms with van der Waals surface area (Å²) >= 11 is 7.09. The van der Waals surface area contributed by atoms with E-state index >= 15 is 0 Å². The number of ketones is 1. The van der Waals surface area contributed by atoms with Crippen molar-refractivity contribution in [1.29, 1.82) is 0 Å². The van der Waals surface area contributed by atoms with Gasteiger partial charge in [-0.1, -0.05) is 11.6 Å². The minimum atomic E-state index is -0.229. The molecule has 1 aromatic heterocycles. The summed E-state index contributed by atoms with van der Waals surface area (Å²) in [4.78, 5) is 12.5. The molecule has 2 N–H and O–H groups in total. The molecule has 0 radical (unpaired) electrons. The highest BCUT2D eigenvalue weighted by Crippen LogP contribution is 2.34. The summed E-state index contributed by atoms with van der Waals surface area (Å²) in [6.45, 7) is 0. The van der Waals surface area contributed by atoms with Gasteiger partial charge in [-0.15, -0.1) is 11.3 Å². The van der Waals surface area contributed by atoms with Crippen LogP contribution < -0.4 is 5.73 Å². The third kappa shape index (κ3) is 2.00. The lowest BCUT2D eigenvalue weighted by Crippen LogP contribution is -2.47. The van der Waals surface area contributed by atoms with Gasteiger partial charge in [-0.2, -0.15) is 0 Å². The highest BCUT2D eigenvalue weighted by molar-refractivity contribution is 7.18. The Kier molecular flexibility index (Phi) is 2.64. The smallest absolute Gasteiger partial charge is 0.174 e. The number of halogens is 1. The molecular formula is C10H12ClNOS. The first-order chi connectivity index (χ1) is 6.59. The van der Waals surface area contributed by atoms with Gasteiger partial charge in [0.25, 0.3) is 0 Å².